The zero-order chi connectivity index (χ0) is 18.4. The van der Waals surface area contributed by atoms with E-state index < -0.39 is 0 Å². The van der Waals surface area contributed by atoms with E-state index in [1.807, 2.05) is 74.5 Å². The number of nitrogens with zero attached hydrogens (tertiary/aromatic N) is 5. The van der Waals surface area contributed by atoms with Crippen molar-refractivity contribution in [2.24, 2.45) is 0 Å². The Morgan fingerprint density at radius 3 is 2.38 bits per heavy atom. The van der Waals surface area contributed by atoms with Crippen molar-refractivity contribution in [1.29, 1.82) is 0 Å². The van der Waals surface area contributed by atoms with Crippen molar-refractivity contribution < 1.29 is 4.79 Å². The largest absolute Gasteiger partial charge is 0.307 e. The quantitative estimate of drug-likeness (QED) is 0.597. The molecule has 3 rings (SSSR count). The first-order valence-corrected chi connectivity index (χ1v) is 9.43. The van der Waals surface area contributed by atoms with E-state index in [0.717, 1.165) is 11.3 Å². The van der Waals surface area contributed by atoms with Crippen molar-refractivity contribution in [3.8, 4) is 0 Å². The number of aromatic nitrogens is 4. The van der Waals surface area contributed by atoms with Gasteiger partial charge in [0.05, 0.1) is 18.3 Å². The third-order valence-corrected chi connectivity index (χ3v) is 4.75. The smallest absolute Gasteiger partial charge is 0.237 e. The lowest BCUT2D eigenvalue weighted by molar-refractivity contribution is -0.116. The van der Waals surface area contributed by atoms with Gasteiger partial charge >= 0.3 is 0 Å². The standard InChI is InChI=1S/C19H21N5OS/c1-15(2)24-19(20-21-22-24)26-14-18(25)23(17-11-7-4-8-12-17)13-16-9-5-3-6-10-16/h3-12,15H,13-14H2,1-2H3. The van der Waals surface area contributed by atoms with Crippen LogP contribution in [0.1, 0.15) is 25.5 Å². The Bertz CT molecular complexity index is 835. The summed E-state index contributed by atoms with van der Waals surface area (Å²) in [5.41, 5.74) is 1.96. The fourth-order valence-electron chi connectivity index (χ4n) is 2.51. The number of hydrogen-bond acceptors (Lipinski definition) is 5. The maximum Gasteiger partial charge on any atom is 0.237 e. The molecule has 1 amide bonds. The van der Waals surface area contributed by atoms with Gasteiger partial charge in [-0.2, -0.15) is 0 Å². The van der Waals surface area contributed by atoms with Crippen molar-refractivity contribution >= 4 is 23.4 Å². The summed E-state index contributed by atoms with van der Waals surface area (Å²) >= 11 is 1.36. The summed E-state index contributed by atoms with van der Waals surface area (Å²) in [5.74, 6) is 0.290. The van der Waals surface area contributed by atoms with Gasteiger partial charge in [-0.1, -0.05) is 60.3 Å². The number of amides is 1. The lowest BCUT2D eigenvalue weighted by Crippen LogP contribution is -2.32. The molecule has 1 aromatic heterocycles. The number of carbonyl (C=O) groups is 1. The van der Waals surface area contributed by atoms with E-state index in [1.54, 1.807) is 9.58 Å². The summed E-state index contributed by atoms with van der Waals surface area (Å²) in [7, 11) is 0. The van der Waals surface area contributed by atoms with Crippen LogP contribution in [-0.4, -0.2) is 31.9 Å². The molecule has 6 nitrogen and oxygen atoms in total. The van der Waals surface area contributed by atoms with Crippen molar-refractivity contribution in [3.63, 3.8) is 0 Å². The Morgan fingerprint density at radius 2 is 1.73 bits per heavy atom. The molecule has 0 aliphatic heterocycles. The maximum absolute atomic E-state index is 13.0. The number of anilines is 1. The number of hydrogen-bond donors (Lipinski definition) is 0. The number of thioether (sulfide) groups is 1. The molecule has 0 saturated heterocycles. The minimum atomic E-state index is 0.0170. The molecule has 7 heteroatoms. The van der Waals surface area contributed by atoms with Gasteiger partial charge < -0.3 is 4.90 Å². The van der Waals surface area contributed by atoms with E-state index >= 15 is 0 Å². The van der Waals surface area contributed by atoms with Gasteiger partial charge in [0.2, 0.25) is 11.1 Å². The monoisotopic (exact) mass is 367 g/mol. The van der Waals surface area contributed by atoms with Crippen molar-refractivity contribution in [2.75, 3.05) is 10.7 Å². The molecule has 0 bridgehead atoms. The summed E-state index contributed by atoms with van der Waals surface area (Å²) in [6.45, 7) is 4.54. The summed E-state index contributed by atoms with van der Waals surface area (Å²) in [5, 5.41) is 12.4. The van der Waals surface area contributed by atoms with Crippen LogP contribution in [0.2, 0.25) is 0 Å². The van der Waals surface area contributed by atoms with E-state index in [2.05, 4.69) is 15.5 Å². The highest BCUT2D eigenvalue weighted by Gasteiger charge is 2.18. The molecule has 1 heterocycles. The van der Waals surface area contributed by atoms with Crippen LogP contribution in [0.3, 0.4) is 0 Å². The van der Waals surface area contributed by atoms with Crippen molar-refractivity contribution in [3.05, 3.63) is 66.2 Å². The SMILES string of the molecule is CC(C)n1nnnc1SCC(=O)N(Cc1ccccc1)c1ccccc1. The van der Waals surface area contributed by atoms with E-state index in [-0.39, 0.29) is 17.7 Å². The molecule has 0 radical (unpaired) electrons. The Balaban J connectivity index is 1.75. The summed E-state index contributed by atoms with van der Waals surface area (Å²) in [6, 6.07) is 19.8. The first-order valence-electron chi connectivity index (χ1n) is 8.45. The third kappa shape index (κ3) is 4.49. The molecule has 2 aromatic carbocycles. The van der Waals surface area contributed by atoms with Gasteiger partial charge in [-0.15, -0.1) is 5.10 Å². The fourth-order valence-corrected chi connectivity index (χ4v) is 3.39. The summed E-state index contributed by atoms with van der Waals surface area (Å²) in [4.78, 5) is 14.7. The Kier molecular flexibility index (Phi) is 6.01. The number of tetrazole rings is 1. The average Bonchev–Trinajstić information content (AvgIpc) is 3.15. The van der Waals surface area contributed by atoms with Crippen molar-refractivity contribution in [2.45, 2.75) is 31.6 Å². The second kappa shape index (κ2) is 8.62. The molecule has 0 spiro atoms. The molecule has 0 aliphatic carbocycles. The van der Waals surface area contributed by atoms with E-state index in [1.165, 1.54) is 11.8 Å². The molecule has 0 N–H and O–H groups in total. The molecule has 0 fully saturated rings. The molecule has 26 heavy (non-hydrogen) atoms. The zero-order valence-electron chi connectivity index (χ0n) is 14.8. The second-order valence-corrected chi connectivity index (χ2v) is 7.03. The van der Waals surface area contributed by atoms with Crippen LogP contribution >= 0.6 is 11.8 Å². The third-order valence-electron chi connectivity index (χ3n) is 3.83. The minimum Gasteiger partial charge on any atom is -0.307 e. The van der Waals surface area contributed by atoms with E-state index in [0.29, 0.717) is 11.7 Å². The molecule has 134 valence electrons. The molecule has 0 atom stereocenters. The lowest BCUT2D eigenvalue weighted by Gasteiger charge is -2.23. The van der Waals surface area contributed by atoms with Crippen LogP contribution in [0, 0.1) is 0 Å². The van der Waals surface area contributed by atoms with Gasteiger partial charge in [0, 0.05) is 5.69 Å². The van der Waals surface area contributed by atoms with Gasteiger partial charge in [0.15, 0.2) is 0 Å². The molecule has 3 aromatic rings. The van der Waals surface area contributed by atoms with Crippen molar-refractivity contribution in [1.82, 2.24) is 20.2 Å². The van der Waals surface area contributed by atoms with Crippen LogP contribution in [0.4, 0.5) is 5.69 Å². The Hall–Kier alpha value is -2.67. The Labute approximate surface area is 157 Å². The molecule has 0 aliphatic rings. The first-order chi connectivity index (χ1) is 12.6. The highest BCUT2D eigenvalue weighted by molar-refractivity contribution is 7.99. The summed E-state index contributed by atoms with van der Waals surface area (Å²) in [6.07, 6.45) is 0. The number of para-hydroxylation sites is 1. The molecule has 0 saturated carbocycles. The van der Waals surface area contributed by atoms with Crippen LogP contribution in [0.25, 0.3) is 0 Å². The topological polar surface area (TPSA) is 63.9 Å². The number of benzene rings is 2. The minimum absolute atomic E-state index is 0.0170. The predicted octanol–water partition coefficient (Wildman–Crippen LogP) is 3.58. The highest BCUT2D eigenvalue weighted by Crippen LogP contribution is 2.22. The van der Waals surface area contributed by atoms with Gasteiger partial charge in [0.25, 0.3) is 0 Å². The fraction of sp³-hybridized carbons (Fsp3) is 0.263. The van der Waals surface area contributed by atoms with Crippen LogP contribution in [-0.2, 0) is 11.3 Å². The second-order valence-electron chi connectivity index (χ2n) is 6.09. The van der Waals surface area contributed by atoms with E-state index in [4.69, 9.17) is 0 Å². The van der Waals surface area contributed by atoms with Gasteiger partial charge in [-0.3, -0.25) is 4.79 Å². The van der Waals surface area contributed by atoms with Gasteiger partial charge in [-0.25, -0.2) is 4.68 Å². The molecular formula is C19H21N5OS. The van der Waals surface area contributed by atoms with Crippen LogP contribution in [0.5, 0.6) is 0 Å². The van der Waals surface area contributed by atoms with Gasteiger partial charge in [0.1, 0.15) is 0 Å². The highest BCUT2D eigenvalue weighted by atomic mass is 32.2. The zero-order valence-corrected chi connectivity index (χ0v) is 15.6. The lowest BCUT2D eigenvalue weighted by atomic mass is 10.2. The predicted molar refractivity (Wildman–Crippen MR) is 103 cm³/mol. The Morgan fingerprint density at radius 1 is 1.08 bits per heavy atom. The molecular weight excluding hydrogens is 346 g/mol. The summed E-state index contributed by atoms with van der Waals surface area (Å²) < 4.78 is 1.72. The van der Waals surface area contributed by atoms with E-state index in [9.17, 15) is 4.79 Å². The first kappa shape index (κ1) is 18.1. The van der Waals surface area contributed by atoms with Crippen LogP contribution < -0.4 is 4.90 Å². The number of carbonyl (C=O) groups excluding carboxylic acids is 1. The van der Waals surface area contributed by atoms with Crippen LogP contribution in [0.15, 0.2) is 65.8 Å². The molecule has 0 unspecified atom stereocenters. The number of rotatable bonds is 7. The average molecular weight is 367 g/mol. The normalized spacial score (nSPS) is 10.9. The maximum atomic E-state index is 13.0. The van der Waals surface area contributed by atoms with Gasteiger partial charge in [-0.05, 0) is 42.0 Å².